The summed E-state index contributed by atoms with van der Waals surface area (Å²) in [5.41, 5.74) is 5.25. The van der Waals surface area contributed by atoms with Crippen LogP contribution in [-0.2, 0) is 67.0 Å². The number of Topliss-reactive ketones (excluding diaryl/α,β-unsaturated/α-hetero) is 8. The standard InChI is InChI=1S/C41H66N4O14/c1-28(46)35(50)16-7-5-6-13-32(25-37(52)29(2)47)40(55)44-19-11-9-15-34(36(51)17-12-20-57-21-22-58-23-24-59-27-42)45-41(56)33(26-38(53)30(3)48)14-8-10-18-43-39(54)31(4)49/h32-34H,5-27,42H2,1-4H3,(H,43,54)(H,44,55)(H,45,56). The third-order valence-corrected chi connectivity index (χ3v) is 9.32. The van der Waals surface area contributed by atoms with Crippen molar-refractivity contribution in [1.82, 2.24) is 16.0 Å². The van der Waals surface area contributed by atoms with E-state index in [-0.39, 0.29) is 70.7 Å². The third-order valence-electron chi connectivity index (χ3n) is 9.32. The van der Waals surface area contributed by atoms with Gasteiger partial charge in [-0.05, 0) is 51.4 Å². The first-order valence-corrected chi connectivity index (χ1v) is 20.5. The third kappa shape index (κ3) is 27.8. The van der Waals surface area contributed by atoms with Crippen LogP contribution >= 0.6 is 0 Å². The van der Waals surface area contributed by atoms with Crippen LogP contribution in [0.15, 0.2) is 0 Å². The Morgan fingerprint density at radius 1 is 0.475 bits per heavy atom. The highest BCUT2D eigenvalue weighted by Gasteiger charge is 2.28. The summed E-state index contributed by atoms with van der Waals surface area (Å²) in [6.07, 6.45) is 3.57. The maximum Gasteiger partial charge on any atom is 0.287 e. The van der Waals surface area contributed by atoms with E-state index in [4.69, 9.17) is 19.9 Å². The van der Waals surface area contributed by atoms with Gasteiger partial charge in [0.15, 0.2) is 40.5 Å². The van der Waals surface area contributed by atoms with E-state index in [0.717, 1.165) is 20.8 Å². The van der Waals surface area contributed by atoms with E-state index in [2.05, 4.69) is 16.0 Å². The van der Waals surface area contributed by atoms with Crippen LogP contribution in [0.2, 0.25) is 0 Å². The van der Waals surface area contributed by atoms with Gasteiger partial charge in [-0.3, -0.25) is 52.7 Å². The molecule has 0 heterocycles. The zero-order valence-electron chi connectivity index (χ0n) is 35.3. The first-order valence-electron chi connectivity index (χ1n) is 20.5. The van der Waals surface area contributed by atoms with Gasteiger partial charge in [0.2, 0.25) is 17.6 Å². The maximum atomic E-state index is 13.6. The summed E-state index contributed by atoms with van der Waals surface area (Å²) in [7, 11) is 0. The van der Waals surface area contributed by atoms with Crippen molar-refractivity contribution in [3.63, 3.8) is 0 Å². The molecule has 3 amide bonds. The van der Waals surface area contributed by atoms with Crippen LogP contribution in [-0.4, -0.2) is 123 Å². The van der Waals surface area contributed by atoms with E-state index in [1.807, 2.05) is 0 Å². The number of hydrogen-bond acceptors (Lipinski definition) is 15. The number of carbonyl (C=O) groups excluding carboxylic acids is 11. The Kier molecular flexibility index (Phi) is 31.0. The molecule has 0 rings (SSSR count). The first-order chi connectivity index (χ1) is 28.0. The minimum absolute atomic E-state index is 0.0640. The molecule has 0 bridgehead atoms. The molecule has 0 saturated heterocycles. The number of amides is 3. The summed E-state index contributed by atoms with van der Waals surface area (Å²) < 4.78 is 15.9. The van der Waals surface area contributed by atoms with Crippen molar-refractivity contribution in [3.8, 4) is 0 Å². The average Bonchev–Trinajstić information content (AvgIpc) is 3.18. The highest BCUT2D eigenvalue weighted by Crippen LogP contribution is 2.18. The number of ether oxygens (including phenoxy) is 3. The molecular weight excluding hydrogens is 772 g/mol. The number of nitrogens with one attached hydrogen (secondary N) is 3. The van der Waals surface area contributed by atoms with Crippen LogP contribution in [0, 0.1) is 11.8 Å². The highest BCUT2D eigenvalue weighted by molar-refractivity contribution is 6.37. The van der Waals surface area contributed by atoms with Crippen molar-refractivity contribution in [2.75, 3.05) is 52.9 Å². The summed E-state index contributed by atoms with van der Waals surface area (Å²) in [6.45, 7) is 6.59. The number of hydrogen-bond donors (Lipinski definition) is 4. The van der Waals surface area contributed by atoms with E-state index in [9.17, 15) is 52.7 Å². The van der Waals surface area contributed by atoms with E-state index in [1.54, 1.807) is 0 Å². The fourth-order valence-corrected chi connectivity index (χ4v) is 5.74. The molecule has 0 spiro atoms. The Hall–Kier alpha value is -4.39. The van der Waals surface area contributed by atoms with Gasteiger partial charge in [0.1, 0.15) is 0 Å². The van der Waals surface area contributed by atoms with Crippen LogP contribution in [0.1, 0.15) is 124 Å². The molecule has 334 valence electrons. The zero-order chi connectivity index (χ0) is 44.6. The first kappa shape index (κ1) is 54.6. The Morgan fingerprint density at radius 2 is 0.966 bits per heavy atom. The Balaban J connectivity index is 5.51. The van der Waals surface area contributed by atoms with Crippen molar-refractivity contribution < 1.29 is 67.0 Å². The largest absolute Gasteiger partial charge is 0.379 e. The normalized spacial score (nSPS) is 12.4. The van der Waals surface area contributed by atoms with Crippen molar-refractivity contribution >= 4 is 64.0 Å². The number of rotatable bonds is 39. The number of ketones is 8. The molecule has 0 aliphatic rings. The predicted molar refractivity (Wildman–Crippen MR) is 214 cm³/mol. The summed E-state index contributed by atoms with van der Waals surface area (Å²) in [5.74, 6) is -8.18. The molecule has 5 N–H and O–H groups in total. The number of nitrogens with two attached hydrogens (primary N) is 1. The van der Waals surface area contributed by atoms with Gasteiger partial charge in [-0.2, -0.15) is 0 Å². The van der Waals surface area contributed by atoms with Crippen molar-refractivity contribution in [2.45, 2.75) is 130 Å². The summed E-state index contributed by atoms with van der Waals surface area (Å²) in [6, 6.07) is -0.954. The van der Waals surface area contributed by atoms with Gasteiger partial charge >= 0.3 is 0 Å². The lowest BCUT2D eigenvalue weighted by molar-refractivity contribution is -0.138. The molecular formula is C41H66N4O14. The average molecular weight is 839 g/mol. The van der Waals surface area contributed by atoms with E-state index < -0.39 is 76.1 Å². The summed E-state index contributed by atoms with van der Waals surface area (Å²) in [4.78, 5) is 134. The van der Waals surface area contributed by atoms with Gasteiger partial charge in [-0.25, -0.2) is 0 Å². The van der Waals surface area contributed by atoms with Crippen LogP contribution < -0.4 is 21.7 Å². The topological polar surface area (TPSA) is 278 Å². The van der Waals surface area contributed by atoms with Gasteiger partial charge in [-0.1, -0.05) is 19.3 Å². The lowest BCUT2D eigenvalue weighted by atomic mass is 9.92. The summed E-state index contributed by atoms with van der Waals surface area (Å²) >= 11 is 0. The molecule has 59 heavy (non-hydrogen) atoms. The quantitative estimate of drug-likeness (QED) is 0.0387. The Bertz CT molecular complexity index is 1420. The molecule has 0 aromatic rings. The molecule has 0 fully saturated rings. The lowest BCUT2D eigenvalue weighted by Gasteiger charge is -2.22. The van der Waals surface area contributed by atoms with Gasteiger partial charge in [0.05, 0.1) is 39.2 Å². The monoisotopic (exact) mass is 838 g/mol. The van der Waals surface area contributed by atoms with Crippen molar-refractivity contribution in [1.29, 1.82) is 0 Å². The second-order valence-corrected chi connectivity index (χ2v) is 14.4. The molecule has 0 aliphatic heterocycles. The summed E-state index contributed by atoms with van der Waals surface area (Å²) in [5, 5.41) is 8.02. The predicted octanol–water partition coefficient (Wildman–Crippen LogP) is 1.39. The van der Waals surface area contributed by atoms with Crippen LogP contribution in [0.25, 0.3) is 0 Å². The van der Waals surface area contributed by atoms with E-state index >= 15 is 0 Å². The van der Waals surface area contributed by atoms with Gasteiger partial charge in [0, 0.05) is 84.9 Å². The van der Waals surface area contributed by atoms with Gasteiger partial charge < -0.3 is 35.9 Å². The smallest absolute Gasteiger partial charge is 0.287 e. The van der Waals surface area contributed by atoms with E-state index in [1.165, 1.54) is 6.92 Å². The second kappa shape index (κ2) is 33.4. The molecule has 0 saturated carbocycles. The molecule has 18 heteroatoms. The minimum atomic E-state index is -0.954. The second-order valence-electron chi connectivity index (χ2n) is 14.4. The maximum absolute atomic E-state index is 13.6. The number of unbranched alkanes of at least 4 members (excludes halogenated alkanes) is 4. The lowest BCUT2D eigenvalue weighted by Crippen LogP contribution is -2.44. The highest BCUT2D eigenvalue weighted by atomic mass is 16.5. The van der Waals surface area contributed by atoms with Gasteiger partial charge in [-0.15, -0.1) is 0 Å². The Morgan fingerprint density at radius 3 is 1.51 bits per heavy atom. The van der Waals surface area contributed by atoms with Crippen molar-refractivity contribution in [3.05, 3.63) is 0 Å². The van der Waals surface area contributed by atoms with Crippen molar-refractivity contribution in [2.24, 2.45) is 17.6 Å². The molecule has 18 nitrogen and oxygen atoms in total. The molecule has 0 aromatic heterocycles. The fourth-order valence-electron chi connectivity index (χ4n) is 5.74. The van der Waals surface area contributed by atoms with Crippen LogP contribution in [0.5, 0.6) is 0 Å². The Labute approximate surface area is 346 Å². The fraction of sp³-hybridized carbons (Fsp3) is 0.732. The van der Waals surface area contributed by atoms with E-state index in [0.29, 0.717) is 84.2 Å². The minimum Gasteiger partial charge on any atom is -0.379 e. The zero-order valence-corrected chi connectivity index (χ0v) is 35.3. The molecule has 0 aromatic carbocycles. The SMILES string of the molecule is CC(=O)C(=O)CCCCCC(CC(=O)C(C)=O)C(=O)NCCCCC(NC(=O)C(CCCCNC(=O)C(C)=O)CC(=O)C(C)=O)C(=O)CCCOCCOCCOCN. The van der Waals surface area contributed by atoms with Gasteiger partial charge in [0.25, 0.3) is 5.91 Å². The van der Waals surface area contributed by atoms with Crippen LogP contribution in [0.4, 0.5) is 0 Å². The van der Waals surface area contributed by atoms with Crippen LogP contribution in [0.3, 0.4) is 0 Å². The molecule has 0 radical (unpaired) electrons. The molecule has 3 unspecified atom stereocenters. The molecule has 3 atom stereocenters. The molecule has 0 aliphatic carbocycles. The number of carbonyl (C=O) groups is 11.